The second-order valence-electron chi connectivity index (χ2n) is 5.41. The lowest BCUT2D eigenvalue weighted by Gasteiger charge is -2.18. The van der Waals surface area contributed by atoms with Crippen LogP contribution in [0.25, 0.3) is 0 Å². The first-order valence-corrected chi connectivity index (χ1v) is 7.36. The summed E-state index contributed by atoms with van der Waals surface area (Å²) in [4.78, 5) is 0. The molecule has 2 rings (SSSR count). The zero-order chi connectivity index (χ0) is 13.7. The van der Waals surface area contributed by atoms with Crippen LogP contribution in [0.15, 0.2) is 23.8 Å². The average molecular weight is 264 g/mol. The Bertz CT molecular complexity index is 461. The fraction of sp³-hybridized carbons (Fsp3) is 0.529. The molecule has 0 spiro atoms. The van der Waals surface area contributed by atoms with E-state index in [0.29, 0.717) is 12.0 Å². The predicted molar refractivity (Wildman–Crippen MR) is 75.2 cm³/mol. The van der Waals surface area contributed by atoms with Gasteiger partial charge >= 0.3 is 0 Å². The van der Waals surface area contributed by atoms with E-state index in [-0.39, 0.29) is 0 Å². The maximum Gasteiger partial charge on any atom is 0.162 e. The van der Waals surface area contributed by atoms with Crippen LogP contribution in [-0.2, 0) is 12.8 Å². The lowest BCUT2D eigenvalue weighted by molar-refractivity contribution is 0.498. The summed E-state index contributed by atoms with van der Waals surface area (Å²) in [6.07, 6.45) is 10.9. The van der Waals surface area contributed by atoms with Crippen molar-refractivity contribution in [2.24, 2.45) is 0 Å². The monoisotopic (exact) mass is 264 g/mol. The molecule has 0 saturated carbocycles. The molecule has 0 aliphatic heterocycles. The highest BCUT2D eigenvalue weighted by atomic mass is 19.2. The minimum atomic E-state index is -0.727. The number of hydrogen-bond donors (Lipinski definition) is 0. The van der Waals surface area contributed by atoms with Crippen LogP contribution in [0.2, 0.25) is 0 Å². The molecule has 0 unspecified atom stereocenters. The molecule has 0 radical (unpaired) electrons. The fourth-order valence-corrected chi connectivity index (χ4v) is 2.73. The Morgan fingerprint density at radius 1 is 1.05 bits per heavy atom. The molecule has 0 amide bonds. The maximum absolute atomic E-state index is 13.6. The van der Waals surface area contributed by atoms with E-state index in [1.807, 2.05) is 0 Å². The van der Waals surface area contributed by atoms with Crippen LogP contribution in [0.1, 0.15) is 56.6 Å². The van der Waals surface area contributed by atoms with E-state index in [2.05, 4.69) is 13.0 Å². The van der Waals surface area contributed by atoms with Gasteiger partial charge in [0.2, 0.25) is 0 Å². The van der Waals surface area contributed by atoms with Gasteiger partial charge in [0.1, 0.15) is 0 Å². The molecule has 0 nitrogen and oxygen atoms in total. The van der Waals surface area contributed by atoms with Gasteiger partial charge in [0.05, 0.1) is 0 Å². The smallest absolute Gasteiger partial charge is 0.162 e. The molecule has 1 aliphatic carbocycles. The molecule has 2 heteroatoms. The van der Waals surface area contributed by atoms with Crippen molar-refractivity contribution in [1.82, 2.24) is 0 Å². The van der Waals surface area contributed by atoms with E-state index in [4.69, 9.17) is 0 Å². The average Bonchev–Trinajstić information content (AvgIpc) is 2.43. The molecule has 0 saturated heterocycles. The summed E-state index contributed by atoms with van der Waals surface area (Å²) in [7, 11) is 0. The van der Waals surface area contributed by atoms with Crippen molar-refractivity contribution >= 4 is 0 Å². The Hall–Kier alpha value is -1.18. The summed E-state index contributed by atoms with van der Waals surface area (Å²) in [6.45, 7) is 2.22. The van der Waals surface area contributed by atoms with Crippen molar-refractivity contribution in [3.05, 3.63) is 46.5 Å². The van der Waals surface area contributed by atoms with E-state index >= 15 is 0 Å². The van der Waals surface area contributed by atoms with Gasteiger partial charge in [-0.1, -0.05) is 50.3 Å². The number of rotatable bonds is 6. The van der Waals surface area contributed by atoms with Gasteiger partial charge in [-0.15, -0.1) is 0 Å². The third-order valence-electron chi connectivity index (χ3n) is 3.91. The summed E-state index contributed by atoms with van der Waals surface area (Å²) in [5, 5.41) is 0. The summed E-state index contributed by atoms with van der Waals surface area (Å²) in [6, 6.07) is 2.98. The molecule has 0 atom stereocenters. The summed E-state index contributed by atoms with van der Waals surface area (Å²) >= 11 is 0. The summed E-state index contributed by atoms with van der Waals surface area (Å²) in [5.41, 5.74) is 2.90. The first-order valence-electron chi connectivity index (χ1n) is 7.36. The summed E-state index contributed by atoms with van der Waals surface area (Å²) < 4.78 is 26.7. The number of benzene rings is 1. The van der Waals surface area contributed by atoms with Gasteiger partial charge in [0.25, 0.3) is 0 Å². The van der Waals surface area contributed by atoms with Crippen LogP contribution in [0, 0.1) is 11.6 Å². The highest BCUT2D eigenvalue weighted by Gasteiger charge is 2.17. The Morgan fingerprint density at radius 3 is 2.63 bits per heavy atom. The molecule has 0 heterocycles. The lowest BCUT2D eigenvalue weighted by Crippen LogP contribution is -2.07. The van der Waals surface area contributed by atoms with Gasteiger partial charge in [-0.05, 0) is 42.9 Å². The molecule has 0 N–H and O–H groups in total. The van der Waals surface area contributed by atoms with Gasteiger partial charge in [-0.25, -0.2) is 8.78 Å². The van der Waals surface area contributed by atoms with Crippen LogP contribution in [0.5, 0.6) is 0 Å². The molecular formula is C17H22F2. The van der Waals surface area contributed by atoms with E-state index in [1.54, 1.807) is 6.07 Å². The Kier molecular flexibility index (Phi) is 5.12. The molecular weight excluding hydrogens is 242 g/mol. The van der Waals surface area contributed by atoms with Crippen molar-refractivity contribution in [2.45, 2.75) is 58.3 Å². The highest BCUT2D eigenvalue weighted by Crippen LogP contribution is 2.27. The summed E-state index contributed by atoms with van der Waals surface area (Å²) in [5.74, 6) is -1.38. The normalized spacial score (nSPS) is 14.2. The second kappa shape index (κ2) is 6.83. The fourth-order valence-electron chi connectivity index (χ4n) is 2.73. The van der Waals surface area contributed by atoms with E-state index in [9.17, 15) is 8.78 Å². The van der Waals surface area contributed by atoms with Crippen LogP contribution in [-0.4, -0.2) is 0 Å². The van der Waals surface area contributed by atoms with Crippen molar-refractivity contribution in [1.29, 1.82) is 0 Å². The Labute approximate surface area is 114 Å². The molecule has 104 valence electrons. The van der Waals surface area contributed by atoms with Crippen LogP contribution >= 0.6 is 0 Å². The van der Waals surface area contributed by atoms with E-state index in [0.717, 1.165) is 18.4 Å². The second-order valence-corrected chi connectivity index (χ2v) is 5.41. The molecule has 1 aromatic rings. The van der Waals surface area contributed by atoms with Crippen LogP contribution in [0.3, 0.4) is 0 Å². The van der Waals surface area contributed by atoms with Crippen molar-refractivity contribution < 1.29 is 8.78 Å². The minimum absolute atomic E-state index is 0.545. The van der Waals surface area contributed by atoms with Gasteiger partial charge in [-0.3, -0.25) is 0 Å². The standard InChI is InChI=1S/C17H22F2/c1-2-3-4-5-6-7-13-8-10-15-14(12-13)9-11-16(18)17(15)19/h8-9,11H,2-7,10,12H2,1H3. The SMILES string of the molecule is CCCCCCCC1=CCc2c(ccc(F)c2F)C1. The molecule has 19 heavy (non-hydrogen) atoms. The van der Waals surface area contributed by atoms with E-state index < -0.39 is 11.6 Å². The minimum Gasteiger partial charge on any atom is -0.204 e. The number of allylic oxidation sites excluding steroid dienone is 2. The molecule has 1 aromatic carbocycles. The van der Waals surface area contributed by atoms with Gasteiger partial charge in [0.15, 0.2) is 11.6 Å². The van der Waals surface area contributed by atoms with Crippen molar-refractivity contribution in [3.63, 3.8) is 0 Å². The third-order valence-corrected chi connectivity index (χ3v) is 3.91. The number of fused-ring (bicyclic) bond motifs is 1. The highest BCUT2D eigenvalue weighted by molar-refractivity contribution is 5.38. The predicted octanol–water partition coefficient (Wildman–Crippen LogP) is 5.35. The molecule has 0 bridgehead atoms. The third kappa shape index (κ3) is 3.65. The number of hydrogen-bond acceptors (Lipinski definition) is 0. The number of unbranched alkanes of at least 4 members (excludes halogenated alkanes) is 4. The largest absolute Gasteiger partial charge is 0.204 e. The maximum atomic E-state index is 13.6. The molecule has 1 aliphatic rings. The van der Waals surface area contributed by atoms with E-state index in [1.165, 1.54) is 43.7 Å². The van der Waals surface area contributed by atoms with Crippen LogP contribution in [0.4, 0.5) is 8.78 Å². The van der Waals surface area contributed by atoms with Crippen molar-refractivity contribution in [3.8, 4) is 0 Å². The Morgan fingerprint density at radius 2 is 1.84 bits per heavy atom. The first-order chi connectivity index (χ1) is 9.22. The van der Waals surface area contributed by atoms with Crippen molar-refractivity contribution in [2.75, 3.05) is 0 Å². The first kappa shape index (κ1) is 14.2. The molecule has 0 aromatic heterocycles. The van der Waals surface area contributed by atoms with Crippen LogP contribution < -0.4 is 0 Å². The zero-order valence-electron chi connectivity index (χ0n) is 11.6. The van der Waals surface area contributed by atoms with Gasteiger partial charge < -0.3 is 0 Å². The quantitative estimate of drug-likeness (QED) is 0.480. The molecule has 0 fully saturated rings. The zero-order valence-corrected chi connectivity index (χ0v) is 11.6. The number of halogens is 2. The topological polar surface area (TPSA) is 0 Å². The lowest BCUT2D eigenvalue weighted by atomic mass is 9.88. The van der Waals surface area contributed by atoms with Gasteiger partial charge in [-0.2, -0.15) is 0 Å². The Balaban J connectivity index is 1.88. The van der Waals surface area contributed by atoms with Gasteiger partial charge in [0, 0.05) is 0 Å².